The van der Waals surface area contributed by atoms with E-state index in [-0.39, 0.29) is 17.8 Å². The topological polar surface area (TPSA) is 88.1 Å². The quantitative estimate of drug-likeness (QED) is 0.555. The van der Waals surface area contributed by atoms with E-state index >= 15 is 0 Å². The fourth-order valence-electron chi connectivity index (χ4n) is 1.86. The maximum atomic E-state index is 12.0. The second kappa shape index (κ2) is 9.42. The van der Waals surface area contributed by atoms with Crippen LogP contribution in [-0.2, 0) is 22.7 Å². The highest BCUT2D eigenvalue weighted by molar-refractivity contribution is 8.00. The van der Waals surface area contributed by atoms with Gasteiger partial charge in [0.25, 0.3) is 0 Å². The van der Waals surface area contributed by atoms with E-state index in [9.17, 15) is 9.90 Å². The molecule has 1 N–H and O–H groups in total. The van der Waals surface area contributed by atoms with Crippen LogP contribution in [0.15, 0.2) is 11.4 Å². The summed E-state index contributed by atoms with van der Waals surface area (Å²) in [5.74, 6) is -0.246. The lowest BCUT2D eigenvalue weighted by atomic mass is 10.2. The summed E-state index contributed by atoms with van der Waals surface area (Å²) in [7, 11) is 0. The summed E-state index contributed by atoms with van der Waals surface area (Å²) in [6, 6.07) is 2.07. The Morgan fingerprint density at radius 1 is 1.62 bits per heavy atom. The van der Waals surface area contributed by atoms with Crippen LogP contribution >= 0.6 is 11.8 Å². The van der Waals surface area contributed by atoms with Crippen LogP contribution in [0.4, 0.5) is 0 Å². The number of hydrogen-bond donors (Lipinski definition) is 1. The van der Waals surface area contributed by atoms with Crippen LogP contribution in [0.1, 0.15) is 38.8 Å². The van der Waals surface area contributed by atoms with E-state index in [0.717, 1.165) is 6.42 Å². The number of rotatable bonds is 9. The van der Waals surface area contributed by atoms with Gasteiger partial charge in [-0.05, 0) is 13.3 Å². The molecule has 6 nitrogen and oxygen atoms in total. The number of aliphatic hydroxyl groups is 1. The SMILES string of the molecule is CCCC(Sc1ncc(CO)n1CCC#N)C(=O)OCC. The zero-order valence-corrected chi connectivity index (χ0v) is 13.2. The van der Waals surface area contributed by atoms with Crippen molar-refractivity contribution in [2.45, 2.75) is 56.7 Å². The molecule has 0 amide bonds. The van der Waals surface area contributed by atoms with E-state index in [0.29, 0.717) is 36.8 Å². The van der Waals surface area contributed by atoms with Crippen LogP contribution in [0.2, 0.25) is 0 Å². The van der Waals surface area contributed by atoms with Gasteiger partial charge in [0.15, 0.2) is 5.16 Å². The summed E-state index contributed by atoms with van der Waals surface area (Å²) in [6.07, 6.45) is 3.47. The van der Waals surface area contributed by atoms with Crippen molar-refractivity contribution in [1.29, 1.82) is 5.26 Å². The summed E-state index contributed by atoms with van der Waals surface area (Å²) in [5, 5.41) is 18.4. The van der Waals surface area contributed by atoms with Crippen molar-refractivity contribution >= 4 is 17.7 Å². The van der Waals surface area contributed by atoms with E-state index in [2.05, 4.69) is 11.1 Å². The number of nitrogens with zero attached hydrogens (tertiary/aromatic N) is 3. The van der Waals surface area contributed by atoms with Crippen LogP contribution in [0.25, 0.3) is 0 Å². The molecule has 0 saturated carbocycles. The predicted octanol–water partition coefficient (Wildman–Crippen LogP) is 2.11. The van der Waals surface area contributed by atoms with E-state index < -0.39 is 0 Å². The van der Waals surface area contributed by atoms with Crippen molar-refractivity contribution in [2.75, 3.05) is 6.61 Å². The van der Waals surface area contributed by atoms with Gasteiger partial charge in [-0.1, -0.05) is 25.1 Å². The summed E-state index contributed by atoms with van der Waals surface area (Å²) in [4.78, 5) is 16.2. The third-order valence-corrected chi connectivity index (χ3v) is 4.11. The Balaban J connectivity index is 2.89. The van der Waals surface area contributed by atoms with Gasteiger partial charge in [-0.15, -0.1) is 0 Å². The summed E-state index contributed by atoms with van der Waals surface area (Å²) in [5.41, 5.74) is 0.645. The molecule has 1 rings (SSSR count). The molecule has 7 heteroatoms. The normalized spacial score (nSPS) is 11.9. The number of carbonyl (C=O) groups excluding carboxylic acids is 1. The number of hydrogen-bond acceptors (Lipinski definition) is 6. The van der Waals surface area contributed by atoms with Crippen LogP contribution in [-0.4, -0.2) is 32.5 Å². The molecule has 0 saturated heterocycles. The second-order valence-corrected chi connectivity index (χ2v) is 5.57. The number of aliphatic hydroxyl groups excluding tert-OH is 1. The lowest BCUT2D eigenvalue weighted by Crippen LogP contribution is -2.21. The molecule has 0 fully saturated rings. The average Bonchev–Trinajstić information content (AvgIpc) is 2.86. The first-order valence-electron chi connectivity index (χ1n) is 7.03. The number of imidazole rings is 1. The second-order valence-electron chi connectivity index (χ2n) is 4.40. The standard InChI is InChI=1S/C14H21N3O3S/c1-3-6-12(13(19)20-4-2)21-14-16-9-11(10-18)17(14)8-5-7-15/h9,12,18H,3-6,8,10H2,1-2H3. The smallest absolute Gasteiger partial charge is 0.319 e. The van der Waals surface area contributed by atoms with Gasteiger partial charge in [0.2, 0.25) is 0 Å². The number of aromatic nitrogens is 2. The molecule has 1 aromatic rings. The third-order valence-electron chi connectivity index (χ3n) is 2.86. The van der Waals surface area contributed by atoms with Gasteiger partial charge in [0.05, 0.1) is 37.6 Å². The fraction of sp³-hybridized carbons (Fsp3) is 0.643. The van der Waals surface area contributed by atoms with Gasteiger partial charge in [0, 0.05) is 6.54 Å². The van der Waals surface area contributed by atoms with E-state index in [1.807, 2.05) is 6.92 Å². The molecule has 0 aliphatic rings. The van der Waals surface area contributed by atoms with E-state index in [1.54, 1.807) is 17.7 Å². The van der Waals surface area contributed by atoms with E-state index in [1.165, 1.54) is 11.8 Å². The van der Waals surface area contributed by atoms with E-state index in [4.69, 9.17) is 10.00 Å². The lowest BCUT2D eigenvalue weighted by Gasteiger charge is -2.15. The largest absolute Gasteiger partial charge is 0.465 e. The highest BCUT2D eigenvalue weighted by Crippen LogP contribution is 2.27. The van der Waals surface area contributed by atoms with Crippen LogP contribution in [0.3, 0.4) is 0 Å². The number of thioether (sulfide) groups is 1. The molecule has 21 heavy (non-hydrogen) atoms. The first-order valence-corrected chi connectivity index (χ1v) is 7.91. The van der Waals surface area contributed by atoms with Crippen molar-refractivity contribution < 1.29 is 14.6 Å². The van der Waals surface area contributed by atoms with Gasteiger partial charge < -0.3 is 14.4 Å². The molecule has 0 bridgehead atoms. The maximum Gasteiger partial charge on any atom is 0.319 e. The Labute approximate surface area is 129 Å². The molecule has 1 heterocycles. The molecule has 0 radical (unpaired) electrons. The summed E-state index contributed by atoms with van der Waals surface area (Å²) in [6.45, 7) is 4.45. The Bertz CT molecular complexity index is 496. The van der Waals surface area contributed by atoms with Gasteiger partial charge in [-0.2, -0.15) is 5.26 Å². The minimum atomic E-state index is -0.315. The number of esters is 1. The lowest BCUT2D eigenvalue weighted by molar-refractivity contribution is -0.142. The predicted molar refractivity (Wildman–Crippen MR) is 79.6 cm³/mol. The Morgan fingerprint density at radius 2 is 2.38 bits per heavy atom. The Morgan fingerprint density at radius 3 is 2.95 bits per heavy atom. The number of ether oxygens (including phenoxy) is 1. The van der Waals surface area contributed by atoms with Crippen molar-refractivity contribution in [1.82, 2.24) is 9.55 Å². The molecule has 1 aromatic heterocycles. The monoisotopic (exact) mass is 311 g/mol. The highest BCUT2D eigenvalue weighted by Gasteiger charge is 2.23. The first-order chi connectivity index (χ1) is 10.2. The minimum Gasteiger partial charge on any atom is -0.465 e. The van der Waals surface area contributed by atoms with Crippen molar-refractivity contribution in [3.05, 3.63) is 11.9 Å². The summed E-state index contributed by atoms with van der Waals surface area (Å²) >= 11 is 1.33. The zero-order valence-electron chi connectivity index (χ0n) is 12.4. The molecule has 1 atom stereocenters. The Hall–Kier alpha value is -1.52. The zero-order chi connectivity index (χ0) is 15.7. The highest BCUT2D eigenvalue weighted by atomic mass is 32.2. The fourth-order valence-corrected chi connectivity index (χ4v) is 3.08. The Kier molecular flexibility index (Phi) is 7.87. The molecular formula is C14H21N3O3S. The van der Waals surface area contributed by atoms with Crippen molar-refractivity contribution in [3.8, 4) is 6.07 Å². The molecule has 0 aliphatic carbocycles. The molecule has 0 aliphatic heterocycles. The first kappa shape index (κ1) is 17.5. The summed E-state index contributed by atoms with van der Waals surface area (Å²) < 4.78 is 6.87. The third kappa shape index (κ3) is 5.06. The average molecular weight is 311 g/mol. The molecule has 1 unspecified atom stereocenters. The van der Waals surface area contributed by atoms with Crippen molar-refractivity contribution in [3.63, 3.8) is 0 Å². The van der Waals surface area contributed by atoms with Crippen LogP contribution in [0, 0.1) is 11.3 Å². The molecule has 0 spiro atoms. The van der Waals surface area contributed by atoms with Gasteiger partial charge in [-0.25, -0.2) is 4.98 Å². The number of nitriles is 1. The molecule has 116 valence electrons. The van der Waals surface area contributed by atoms with Crippen molar-refractivity contribution in [2.24, 2.45) is 0 Å². The van der Waals surface area contributed by atoms with Gasteiger partial charge in [0.1, 0.15) is 5.25 Å². The van der Waals surface area contributed by atoms with Crippen LogP contribution in [0.5, 0.6) is 0 Å². The minimum absolute atomic E-state index is 0.142. The maximum absolute atomic E-state index is 12.0. The van der Waals surface area contributed by atoms with Gasteiger partial charge >= 0.3 is 5.97 Å². The molecular weight excluding hydrogens is 290 g/mol. The molecule has 0 aromatic carbocycles. The van der Waals surface area contributed by atoms with Gasteiger partial charge in [-0.3, -0.25) is 4.79 Å². The van der Waals surface area contributed by atoms with Crippen LogP contribution < -0.4 is 0 Å². The number of carbonyl (C=O) groups is 1.